The summed E-state index contributed by atoms with van der Waals surface area (Å²) in [6.45, 7) is 5.42. The van der Waals surface area contributed by atoms with Crippen molar-refractivity contribution >= 4 is 16.8 Å². The van der Waals surface area contributed by atoms with E-state index in [-0.39, 0.29) is 24.1 Å². The lowest BCUT2D eigenvalue weighted by atomic mass is 10.1. The molecule has 0 spiro atoms. The van der Waals surface area contributed by atoms with E-state index in [4.69, 9.17) is 14.5 Å². The van der Waals surface area contributed by atoms with Crippen LogP contribution in [0.4, 0.5) is 0 Å². The zero-order valence-corrected chi connectivity index (χ0v) is 20.4. The summed E-state index contributed by atoms with van der Waals surface area (Å²) >= 11 is 0. The summed E-state index contributed by atoms with van der Waals surface area (Å²) in [6.07, 6.45) is 3.56. The lowest BCUT2D eigenvalue weighted by Crippen LogP contribution is -2.41. The molecule has 7 heteroatoms. The van der Waals surface area contributed by atoms with Crippen molar-refractivity contribution in [2.24, 2.45) is 0 Å². The maximum absolute atomic E-state index is 13.4. The minimum Gasteiger partial charge on any atom is -0.484 e. The molecule has 1 unspecified atom stereocenters. The average molecular weight is 466 g/mol. The zero-order chi connectivity index (χ0) is 24.3. The van der Waals surface area contributed by atoms with Crippen molar-refractivity contribution in [1.29, 1.82) is 0 Å². The molecule has 34 heavy (non-hydrogen) atoms. The first-order valence-electron chi connectivity index (χ1n) is 12.1. The maximum atomic E-state index is 13.4. The lowest BCUT2D eigenvalue weighted by molar-refractivity contribution is -0.136. The fourth-order valence-corrected chi connectivity index (χ4v) is 4.11. The van der Waals surface area contributed by atoms with Crippen LogP contribution >= 0.6 is 0 Å². The maximum Gasteiger partial charge on any atom is 0.261 e. The van der Waals surface area contributed by atoms with E-state index >= 15 is 0 Å². The van der Waals surface area contributed by atoms with E-state index in [9.17, 15) is 9.59 Å². The van der Waals surface area contributed by atoms with Gasteiger partial charge < -0.3 is 14.4 Å². The smallest absolute Gasteiger partial charge is 0.261 e. The third kappa shape index (κ3) is 6.23. The van der Waals surface area contributed by atoms with Crippen LogP contribution in [-0.4, -0.2) is 47.2 Å². The zero-order valence-electron chi connectivity index (χ0n) is 20.4. The third-order valence-corrected chi connectivity index (χ3v) is 5.90. The Kier molecular flexibility index (Phi) is 9.64. The van der Waals surface area contributed by atoms with Crippen molar-refractivity contribution in [2.75, 3.05) is 26.9 Å². The molecule has 2 aromatic carbocycles. The number of methoxy groups -OCH3 is 1. The fourth-order valence-electron chi connectivity index (χ4n) is 4.11. The molecule has 3 rings (SSSR count). The van der Waals surface area contributed by atoms with Crippen molar-refractivity contribution in [2.45, 2.75) is 52.1 Å². The highest BCUT2D eigenvalue weighted by molar-refractivity contribution is 5.79. The van der Waals surface area contributed by atoms with E-state index in [1.165, 1.54) is 0 Å². The minimum atomic E-state index is -0.349. The predicted molar refractivity (Wildman–Crippen MR) is 134 cm³/mol. The second-order valence-electron chi connectivity index (χ2n) is 8.26. The number of unbranched alkanes of at least 4 members (excludes halogenated alkanes) is 2. The molecule has 3 aromatic rings. The second kappa shape index (κ2) is 12.9. The van der Waals surface area contributed by atoms with Crippen LogP contribution < -0.4 is 10.3 Å². The molecule has 0 bridgehead atoms. The summed E-state index contributed by atoms with van der Waals surface area (Å²) in [5.41, 5.74) is 0.522. The molecule has 0 saturated heterocycles. The van der Waals surface area contributed by atoms with Crippen LogP contribution in [0, 0.1) is 0 Å². The van der Waals surface area contributed by atoms with Crippen LogP contribution in [0.3, 0.4) is 0 Å². The van der Waals surface area contributed by atoms with Gasteiger partial charge in [0, 0.05) is 13.7 Å². The topological polar surface area (TPSA) is 73.7 Å². The molecular weight excluding hydrogens is 430 g/mol. The molecule has 1 amide bonds. The molecule has 0 aliphatic heterocycles. The summed E-state index contributed by atoms with van der Waals surface area (Å²) in [6, 6.07) is 16.3. The summed E-state index contributed by atoms with van der Waals surface area (Å²) in [4.78, 5) is 33.5. The molecule has 0 fully saturated rings. The number of hydrogen-bond donors (Lipinski definition) is 0. The Bertz CT molecular complexity index is 1110. The number of nitrogens with zero attached hydrogens (tertiary/aromatic N) is 3. The fraction of sp³-hybridized carbons (Fsp3) is 0.444. The monoisotopic (exact) mass is 465 g/mol. The first-order chi connectivity index (χ1) is 16.6. The van der Waals surface area contributed by atoms with E-state index in [2.05, 4.69) is 6.92 Å². The molecule has 0 saturated carbocycles. The number of aromatic nitrogens is 2. The van der Waals surface area contributed by atoms with Crippen molar-refractivity contribution < 1.29 is 14.3 Å². The van der Waals surface area contributed by atoms with Gasteiger partial charge >= 0.3 is 0 Å². The van der Waals surface area contributed by atoms with Crippen molar-refractivity contribution in [3.63, 3.8) is 0 Å². The van der Waals surface area contributed by atoms with Crippen molar-refractivity contribution in [1.82, 2.24) is 14.5 Å². The Morgan fingerprint density at radius 2 is 1.79 bits per heavy atom. The highest BCUT2D eigenvalue weighted by atomic mass is 16.5. The van der Waals surface area contributed by atoms with Gasteiger partial charge in [-0.1, -0.05) is 57.0 Å². The van der Waals surface area contributed by atoms with Gasteiger partial charge in [-0.3, -0.25) is 14.2 Å². The Hall–Kier alpha value is -3.19. The van der Waals surface area contributed by atoms with Crippen LogP contribution in [0.5, 0.6) is 5.75 Å². The molecular formula is C27H35N3O4. The summed E-state index contributed by atoms with van der Waals surface area (Å²) in [5, 5.41) is 0.563. The molecule has 1 aromatic heterocycles. The molecule has 1 atom stereocenters. The summed E-state index contributed by atoms with van der Waals surface area (Å²) < 4.78 is 12.7. The Morgan fingerprint density at radius 1 is 1.06 bits per heavy atom. The number of amides is 1. The number of fused-ring (bicyclic) bond motifs is 1. The number of para-hydroxylation sites is 2. The number of carbonyl (C=O) groups excluding carboxylic acids is 1. The number of benzene rings is 2. The standard InChI is InChI=1S/C27H35N3O4/c1-4-6-12-17-29(25(31)20-34-21-13-8-7-9-14-21)24(5-2)26-28-23-16-11-10-15-22(23)27(32)30(26)18-19-33-3/h7-11,13-16,24H,4-6,12,17-20H2,1-3H3. The lowest BCUT2D eigenvalue weighted by Gasteiger charge is -2.32. The van der Waals surface area contributed by atoms with E-state index < -0.39 is 0 Å². The van der Waals surface area contributed by atoms with E-state index in [0.29, 0.717) is 48.6 Å². The van der Waals surface area contributed by atoms with Crippen molar-refractivity contribution in [3.05, 3.63) is 70.8 Å². The summed E-state index contributed by atoms with van der Waals surface area (Å²) in [5.74, 6) is 1.12. The van der Waals surface area contributed by atoms with Crippen LogP contribution in [0.15, 0.2) is 59.4 Å². The quantitative estimate of drug-likeness (QED) is 0.345. The van der Waals surface area contributed by atoms with Gasteiger partial charge in [-0.15, -0.1) is 0 Å². The SMILES string of the molecule is CCCCCN(C(=O)COc1ccccc1)C(CC)c1nc2ccccc2c(=O)n1CCOC. The predicted octanol–water partition coefficient (Wildman–Crippen LogP) is 4.59. The van der Waals surface area contributed by atoms with Crippen LogP contribution in [0.2, 0.25) is 0 Å². The number of carbonyl (C=O) groups is 1. The Balaban J connectivity index is 1.99. The Labute approximate surface area is 201 Å². The highest BCUT2D eigenvalue weighted by Gasteiger charge is 2.28. The van der Waals surface area contributed by atoms with Gasteiger partial charge in [0.25, 0.3) is 11.5 Å². The molecule has 0 N–H and O–H groups in total. The highest BCUT2D eigenvalue weighted by Crippen LogP contribution is 2.25. The van der Waals surface area contributed by atoms with Gasteiger partial charge in [0.05, 0.1) is 30.1 Å². The largest absolute Gasteiger partial charge is 0.484 e. The van der Waals surface area contributed by atoms with E-state index in [1.54, 1.807) is 17.7 Å². The first-order valence-corrected chi connectivity index (χ1v) is 12.1. The van der Waals surface area contributed by atoms with E-state index in [0.717, 1.165) is 19.3 Å². The normalized spacial score (nSPS) is 12.0. The number of ether oxygens (including phenoxy) is 2. The second-order valence-corrected chi connectivity index (χ2v) is 8.26. The molecule has 0 radical (unpaired) electrons. The van der Waals surface area contributed by atoms with Gasteiger partial charge in [0.15, 0.2) is 6.61 Å². The molecule has 0 aliphatic carbocycles. The first kappa shape index (κ1) is 25.4. The number of hydrogen-bond acceptors (Lipinski definition) is 5. The van der Waals surface area contributed by atoms with Gasteiger partial charge in [-0.05, 0) is 37.1 Å². The van der Waals surface area contributed by atoms with Gasteiger partial charge in [-0.2, -0.15) is 0 Å². The van der Waals surface area contributed by atoms with Gasteiger partial charge in [0.1, 0.15) is 11.6 Å². The van der Waals surface area contributed by atoms with Crippen LogP contribution in [0.25, 0.3) is 10.9 Å². The van der Waals surface area contributed by atoms with Crippen LogP contribution in [0.1, 0.15) is 51.4 Å². The molecule has 7 nitrogen and oxygen atoms in total. The molecule has 182 valence electrons. The van der Waals surface area contributed by atoms with Gasteiger partial charge in [-0.25, -0.2) is 4.98 Å². The number of rotatable bonds is 13. The Morgan fingerprint density at radius 3 is 2.50 bits per heavy atom. The van der Waals surface area contributed by atoms with Crippen LogP contribution in [-0.2, 0) is 16.1 Å². The summed E-state index contributed by atoms with van der Waals surface area (Å²) in [7, 11) is 1.61. The molecule has 1 heterocycles. The van der Waals surface area contributed by atoms with E-state index in [1.807, 2.05) is 60.4 Å². The third-order valence-electron chi connectivity index (χ3n) is 5.90. The van der Waals surface area contributed by atoms with Gasteiger partial charge in [0.2, 0.25) is 0 Å². The molecule has 0 aliphatic rings. The minimum absolute atomic E-state index is 0.0669. The average Bonchev–Trinajstić information content (AvgIpc) is 2.87. The van der Waals surface area contributed by atoms with Crippen molar-refractivity contribution in [3.8, 4) is 5.75 Å².